The van der Waals surface area contributed by atoms with Gasteiger partial charge in [-0.2, -0.15) is 0 Å². The van der Waals surface area contributed by atoms with E-state index in [9.17, 15) is 14.3 Å². The van der Waals surface area contributed by atoms with E-state index in [1.807, 2.05) is 6.07 Å². The summed E-state index contributed by atoms with van der Waals surface area (Å²) in [4.78, 5) is 14.8. The second-order valence-electron chi connectivity index (χ2n) is 7.97. The molecule has 0 radical (unpaired) electrons. The quantitative estimate of drug-likeness (QED) is 0.785. The van der Waals surface area contributed by atoms with Gasteiger partial charge in [0.2, 0.25) is 0 Å². The van der Waals surface area contributed by atoms with Crippen LogP contribution in [0.2, 0.25) is 0 Å². The number of halogens is 1. The number of hydrogen-bond donors (Lipinski definition) is 2. The Morgan fingerprint density at radius 1 is 1.21 bits per heavy atom. The molecule has 150 valence electrons. The highest BCUT2D eigenvalue weighted by Crippen LogP contribution is 2.41. The molecule has 0 spiro atoms. The van der Waals surface area contributed by atoms with Crippen LogP contribution in [-0.4, -0.2) is 41.7 Å². The zero-order valence-corrected chi connectivity index (χ0v) is 16.1. The summed E-state index contributed by atoms with van der Waals surface area (Å²) >= 11 is 0. The predicted molar refractivity (Wildman–Crippen MR) is 108 cm³/mol. The van der Waals surface area contributed by atoms with Crippen molar-refractivity contribution in [2.24, 2.45) is 0 Å². The number of ether oxygens (including phenoxy) is 1. The van der Waals surface area contributed by atoms with Gasteiger partial charge in [-0.25, -0.2) is 4.39 Å². The molecule has 5 rings (SSSR count). The maximum atomic E-state index is 13.7. The first kappa shape index (κ1) is 18.3. The van der Waals surface area contributed by atoms with Crippen LogP contribution >= 0.6 is 0 Å². The maximum Gasteiger partial charge on any atom is 0.260 e. The minimum Gasteiger partial charge on any atom is -0.487 e. The van der Waals surface area contributed by atoms with Crippen molar-refractivity contribution in [3.05, 3.63) is 64.5 Å². The molecule has 0 aliphatic carbocycles. The third kappa shape index (κ3) is 3.43. The highest BCUT2D eigenvalue weighted by molar-refractivity contribution is 6.36. The molecule has 3 aliphatic rings. The Hall–Kier alpha value is -2.70. The number of β-amino-alcohol motifs (C(OH)–C–C–N with tert-alkyl or cyclic N) is 1. The number of hydrogen-bond acceptors (Lipinski definition) is 4. The van der Waals surface area contributed by atoms with Crippen LogP contribution in [0.3, 0.4) is 0 Å². The van der Waals surface area contributed by atoms with Crippen molar-refractivity contribution < 1.29 is 19.0 Å². The molecule has 2 N–H and O–H groups in total. The molecular formula is C23H23FN2O3. The van der Waals surface area contributed by atoms with Crippen LogP contribution in [0.4, 0.5) is 10.1 Å². The van der Waals surface area contributed by atoms with Gasteiger partial charge < -0.3 is 20.1 Å². The lowest BCUT2D eigenvalue weighted by Gasteiger charge is -2.29. The van der Waals surface area contributed by atoms with Gasteiger partial charge in [-0.05, 0) is 49.6 Å². The van der Waals surface area contributed by atoms with Crippen molar-refractivity contribution in [2.45, 2.75) is 32.0 Å². The number of likely N-dealkylation sites (tertiary alicyclic amines) is 1. The van der Waals surface area contributed by atoms with Crippen LogP contribution in [0.15, 0.2) is 36.4 Å². The van der Waals surface area contributed by atoms with E-state index in [4.69, 9.17) is 4.74 Å². The number of rotatable bonds is 3. The monoisotopic (exact) mass is 394 g/mol. The van der Waals surface area contributed by atoms with Crippen LogP contribution in [0.1, 0.15) is 35.1 Å². The Morgan fingerprint density at radius 3 is 2.97 bits per heavy atom. The topological polar surface area (TPSA) is 61.8 Å². The number of carbonyl (C=O) groups excluding carboxylic acids is 1. The Bertz CT molecular complexity index is 1020. The van der Waals surface area contributed by atoms with E-state index in [1.165, 1.54) is 17.7 Å². The van der Waals surface area contributed by atoms with E-state index in [2.05, 4.69) is 22.3 Å². The van der Waals surface area contributed by atoms with Crippen molar-refractivity contribution in [1.29, 1.82) is 0 Å². The molecule has 3 heterocycles. The summed E-state index contributed by atoms with van der Waals surface area (Å²) in [6.07, 6.45) is 2.63. The fourth-order valence-electron chi connectivity index (χ4n) is 4.46. The number of amides is 1. The molecule has 6 heteroatoms. The van der Waals surface area contributed by atoms with Gasteiger partial charge >= 0.3 is 0 Å². The number of nitrogens with zero attached hydrogens (tertiary/aromatic N) is 1. The fourth-order valence-corrected chi connectivity index (χ4v) is 4.46. The van der Waals surface area contributed by atoms with Crippen molar-refractivity contribution in [3.63, 3.8) is 0 Å². The van der Waals surface area contributed by atoms with E-state index in [1.54, 1.807) is 6.07 Å². The number of nitrogens with one attached hydrogen (secondary N) is 1. The second kappa shape index (κ2) is 7.28. The van der Waals surface area contributed by atoms with Crippen LogP contribution in [-0.2, 0) is 22.6 Å². The zero-order valence-electron chi connectivity index (χ0n) is 16.1. The summed E-state index contributed by atoms with van der Waals surface area (Å²) in [7, 11) is 0. The number of piperidine rings is 1. The average Bonchev–Trinajstić information content (AvgIpc) is 3.25. The normalized spacial score (nSPS) is 23.5. The average molecular weight is 394 g/mol. The van der Waals surface area contributed by atoms with Crippen molar-refractivity contribution in [1.82, 2.24) is 4.90 Å². The highest BCUT2D eigenvalue weighted by Gasteiger charge is 2.32. The molecule has 3 aliphatic heterocycles. The third-order valence-electron chi connectivity index (χ3n) is 5.94. The molecular weight excluding hydrogens is 371 g/mol. The summed E-state index contributed by atoms with van der Waals surface area (Å²) in [5.41, 5.74) is 4.70. The van der Waals surface area contributed by atoms with E-state index in [0.717, 1.165) is 50.0 Å². The van der Waals surface area contributed by atoms with E-state index in [-0.39, 0.29) is 17.8 Å². The molecule has 1 saturated heterocycles. The van der Waals surface area contributed by atoms with E-state index in [0.29, 0.717) is 29.2 Å². The minimum absolute atomic E-state index is 0.211. The summed E-state index contributed by atoms with van der Waals surface area (Å²) in [5.74, 6) is -0.122. The molecule has 5 nitrogen and oxygen atoms in total. The minimum atomic E-state index is -0.380. The van der Waals surface area contributed by atoms with Gasteiger partial charge in [0.15, 0.2) is 0 Å². The maximum absolute atomic E-state index is 13.7. The predicted octanol–water partition coefficient (Wildman–Crippen LogP) is 3.18. The molecule has 1 unspecified atom stereocenters. The largest absolute Gasteiger partial charge is 0.487 e. The van der Waals surface area contributed by atoms with E-state index >= 15 is 0 Å². The smallest absolute Gasteiger partial charge is 0.260 e. The standard InChI is InChI=1S/C23H23FN2O3/c24-16-4-6-20-19(11-16)21(23(28)25-20)22-18-5-3-14(10-15(18)13-29-22)7-9-26-8-1-2-17(27)12-26/h3-6,10-11,17,27H,1-2,7-9,12-13H2,(H,25,28)/b22-21+. The van der Waals surface area contributed by atoms with Crippen LogP contribution in [0, 0.1) is 5.82 Å². The lowest BCUT2D eigenvalue weighted by Crippen LogP contribution is -2.39. The molecule has 1 fully saturated rings. The molecule has 29 heavy (non-hydrogen) atoms. The zero-order chi connectivity index (χ0) is 20.0. The third-order valence-corrected chi connectivity index (χ3v) is 5.94. The lowest BCUT2D eigenvalue weighted by molar-refractivity contribution is -0.110. The van der Waals surface area contributed by atoms with Crippen LogP contribution in [0.5, 0.6) is 0 Å². The Kier molecular flexibility index (Phi) is 4.60. The lowest BCUT2D eigenvalue weighted by atomic mass is 9.98. The highest BCUT2D eigenvalue weighted by atomic mass is 19.1. The Morgan fingerprint density at radius 2 is 2.10 bits per heavy atom. The van der Waals surface area contributed by atoms with E-state index < -0.39 is 0 Å². The molecule has 2 aromatic rings. The fraction of sp³-hybridized carbons (Fsp3) is 0.348. The number of carbonyl (C=O) groups is 1. The molecule has 1 amide bonds. The van der Waals surface area contributed by atoms with Gasteiger partial charge in [-0.1, -0.05) is 18.2 Å². The van der Waals surface area contributed by atoms with Gasteiger partial charge in [0.05, 0.1) is 11.7 Å². The van der Waals surface area contributed by atoms with Crippen molar-refractivity contribution in [2.75, 3.05) is 25.0 Å². The molecule has 0 aromatic heterocycles. The summed E-state index contributed by atoms with van der Waals surface area (Å²) in [6, 6.07) is 10.5. The van der Waals surface area contributed by atoms with Gasteiger partial charge in [-0.3, -0.25) is 4.79 Å². The summed E-state index contributed by atoms with van der Waals surface area (Å²) in [5, 5.41) is 12.6. The van der Waals surface area contributed by atoms with Crippen LogP contribution < -0.4 is 5.32 Å². The first-order valence-electron chi connectivity index (χ1n) is 10.1. The molecule has 1 atom stereocenters. The summed E-state index contributed by atoms with van der Waals surface area (Å²) in [6.45, 7) is 3.10. The van der Waals surface area contributed by atoms with Crippen molar-refractivity contribution >= 4 is 22.9 Å². The Balaban J connectivity index is 1.40. The molecule has 0 saturated carbocycles. The second-order valence-corrected chi connectivity index (χ2v) is 7.97. The van der Waals surface area contributed by atoms with Gasteiger partial charge in [-0.15, -0.1) is 0 Å². The van der Waals surface area contributed by atoms with Crippen molar-refractivity contribution in [3.8, 4) is 0 Å². The summed E-state index contributed by atoms with van der Waals surface area (Å²) < 4.78 is 19.6. The number of aliphatic hydroxyl groups excluding tert-OH is 1. The van der Waals surface area contributed by atoms with Gasteiger partial charge in [0.1, 0.15) is 18.2 Å². The molecule has 2 aromatic carbocycles. The SMILES string of the molecule is O=C1Nc2ccc(F)cc2/C1=C1\OCc2cc(CCN3CCCC(O)C3)ccc21. The molecule has 0 bridgehead atoms. The van der Waals surface area contributed by atoms with Gasteiger partial charge in [0, 0.05) is 35.5 Å². The van der Waals surface area contributed by atoms with Crippen LogP contribution in [0.25, 0.3) is 11.3 Å². The number of anilines is 1. The Labute approximate surface area is 168 Å². The number of fused-ring (bicyclic) bond motifs is 2. The number of benzene rings is 2. The van der Waals surface area contributed by atoms with Gasteiger partial charge in [0.25, 0.3) is 5.91 Å². The number of aliphatic hydroxyl groups is 1. The first-order valence-corrected chi connectivity index (χ1v) is 10.1. The first-order chi connectivity index (χ1) is 14.1.